The summed E-state index contributed by atoms with van der Waals surface area (Å²) in [4.78, 5) is 0. The number of anilines is 1. The Labute approximate surface area is 170 Å². The number of nitriles is 1. The van der Waals surface area contributed by atoms with Crippen LogP contribution in [0.2, 0.25) is 0 Å². The van der Waals surface area contributed by atoms with E-state index in [9.17, 15) is 18.4 Å². The first-order valence-electron chi connectivity index (χ1n) is 9.05. The van der Waals surface area contributed by atoms with Gasteiger partial charge in [0, 0.05) is 5.92 Å². The molecule has 9 heteroatoms. The Morgan fingerprint density at radius 1 is 1.13 bits per heavy atom. The molecule has 3 atom stereocenters. The highest BCUT2D eigenvalue weighted by Crippen LogP contribution is 2.48. The van der Waals surface area contributed by atoms with E-state index in [0.29, 0.717) is 17.0 Å². The van der Waals surface area contributed by atoms with Crippen LogP contribution in [0.25, 0.3) is 0 Å². The van der Waals surface area contributed by atoms with Crippen molar-refractivity contribution in [1.29, 1.82) is 5.26 Å². The second kappa shape index (κ2) is 7.30. The van der Waals surface area contributed by atoms with Crippen molar-refractivity contribution < 1.29 is 22.6 Å². The van der Waals surface area contributed by atoms with E-state index in [-0.39, 0.29) is 11.5 Å². The maximum atomic E-state index is 14.0. The second-order valence-electron chi connectivity index (χ2n) is 6.84. The lowest BCUT2D eigenvalue weighted by atomic mass is 9.76. The summed E-state index contributed by atoms with van der Waals surface area (Å²) in [5.41, 5.74) is 5.81. The molecule has 0 saturated carbocycles. The number of allylic oxidation sites excluding steroid dienone is 1. The van der Waals surface area contributed by atoms with Crippen LogP contribution in [-0.4, -0.2) is 25.2 Å². The smallest absolute Gasteiger partial charge is 0.431 e. The maximum Gasteiger partial charge on any atom is 0.431 e. The van der Waals surface area contributed by atoms with Crippen LogP contribution < -0.4 is 15.5 Å². The topological polar surface area (TPSA) is 83.9 Å². The van der Waals surface area contributed by atoms with Crippen LogP contribution in [0, 0.1) is 17.2 Å². The van der Waals surface area contributed by atoms with Crippen LogP contribution >= 0.6 is 0 Å². The van der Waals surface area contributed by atoms with Crippen LogP contribution in [0.1, 0.15) is 11.5 Å². The first-order chi connectivity index (χ1) is 14.3. The zero-order valence-electron chi connectivity index (χ0n) is 15.8. The predicted molar refractivity (Wildman–Crippen MR) is 103 cm³/mol. The molecule has 0 unspecified atom stereocenters. The fraction of sp³-hybridized carbons (Fsp3) is 0.238. The molecule has 2 heterocycles. The van der Waals surface area contributed by atoms with Crippen LogP contribution in [0.3, 0.4) is 0 Å². The molecule has 2 aliphatic rings. The van der Waals surface area contributed by atoms with Gasteiger partial charge in [-0.25, -0.2) is 5.01 Å². The highest BCUT2D eigenvalue weighted by molar-refractivity contribution is 5.96. The highest BCUT2D eigenvalue weighted by atomic mass is 19.4. The molecular formula is C21H17F3N4O2. The maximum absolute atomic E-state index is 14.0. The fourth-order valence-electron chi connectivity index (χ4n) is 3.84. The molecule has 154 valence electrons. The summed E-state index contributed by atoms with van der Waals surface area (Å²) in [6.07, 6.45) is -5.86. The number of benzene rings is 2. The molecule has 30 heavy (non-hydrogen) atoms. The molecule has 0 aliphatic carbocycles. The number of para-hydroxylation sites is 1. The van der Waals surface area contributed by atoms with Gasteiger partial charge in [-0.15, -0.1) is 0 Å². The van der Waals surface area contributed by atoms with Crippen LogP contribution in [0.5, 0.6) is 5.75 Å². The number of fused-ring (bicyclic) bond motifs is 1. The summed E-state index contributed by atoms with van der Waals surface area (Å²) in [6.45, 7) is 0. The van der Waals surface area contributed by atoms with Crippen molar-refractivity contribution in [2.45, 2.75) is 18.3 Å². The van der Waals surface area contributed by atoms with Gasteiger partial charge in [0.15, 0.2) is 5.71 Å². The number of hydrazone groups is 1. The quantitative estimate of drug-likeness (QED) is 0.824. The van der Waals surface area contributed by atoms with Crippen LogP contribution in [-0.2, 0) is 4.74 Å². The number of ether oxygens (including phenoxy) is 2. The summed E-state index contributed by atoms with van der Waals surface area (Å²) < 4.78 is 52.7. The Bertz CT molecular complexity index is 1040. The highest BCUT2D eigenvalue weighted by Gasteiger charge is 2.57. The Balaban J connectivity index is 1.88. The molecule has 6 nitrogen and oxygen atoms in total. The van der Waals surface area contributed by atoms with E-state index in [1.807, 2.05) is 6.07 Å². The lowest BCUT2D eigenvalue weighted by Crippen LogP contribution is -2.46. The van der Waals surface area contributed by atoms with Crippen LogP contribution in [0.15, 0.2) is 71.2 Å². The van der Waals surface area contributed by atoms with E-state index in [0.717, 1.165) is 0 Å². The van der Waals surface area contributed by atoms with Crippen molar-refractivity contribution in [1.82, 2.24) is 0 Å². The fourth-order valence-corrected chi connectivity index (χ4v) is 3.84. The van der Waals surface area contributed by atoms with Crippen molar-refractivity contribution in [3.63, 3.8) is 0 Å². The molecule has 2 N–H and O–H groups in total. The molecule has 0 radical (unpaired) electrons. The molecule has 2 aliphatic heterocycles. The largest absolute Gasteiger partial charge is 0.497 e. The first-order valence-corrected chi connectivity index (χ1v) is 9.05. The average Bonchev–Trinajstić information content (AvgIpc) is 3.13. The van der Waals surface area contributed by atoms with Crippen molar-refractivity contribution in [2.24, 2.45) is 16.8 Å². The number of rotatable bonds is 3. The number of alkyl halides is 3. The summed E-state index contributed by atoms with van der Waals surface area (Å²) in [5, 5.41) is 14.7. The molecule has 0 aromatic heterocycles. The number of nitrogens with two attached hydrogens (primary N) is 1. The number of nitrogens with zero attached hydrogens (tertiary/aromatic N) is 3. The molecule has 4 rings (SSSR count). The van der Waals surface area contributed by atoms with E-state index >= 15 is 0 Å². The van der Waals surface area contributed by atoms with Crippen molar-refractivity contribution in [3.8, 4) is 11.8 Å². The van der Waals surface area contributed by atoms with Gasteiger partial charge in [0.1, 0.15) is 11.8 Å². The molecule has 2 aromatic carbocycles. The third-order valence-corrected chi connectivity index (χ3v) is 5.17. The van der Waals surface area contributed by atoms with E-state index in [2.05, 4.69) is 5.10 Å². The van der Waals surface area contributed by atoms with Gasteiger partial charge in [-0.05, 0) is 29.8 Å². The Morgan fingerprint density at radius 3 is 2.37 bits per heavy atom. The normalized spacial score (nSPS) is 23.4. The molecule has 0 amide bonds. The standard InChI is InChI=1S/C21H17F3N4O2/c1-29-14-9-7-12(8-10-14)16-15(11-25)19(26)30-20-17(16)18(21(22,23)24)27-28(20)13-5-3-2-4-6-13/h2-10,16-17,20H,26H2,1H3/t16-,17-,20+/m1/s1. The van der Waals surface area contributed by atoms with Crippen molar-refractivity contribution in [2.75, 3.05) is 12.1 Å². The van der Waals surface area contributed by atoms with E-state index < -0.39 is 30.0 Å². The van der Waals surface area contributed by atoms with Crippen molar-refractivity contribution in [3.05, 3.63) is 71.6 Å². The number of methoxy groups -OCH3 is 1. The van der Waals surface area contributed by atoms with Gasteiger partial charge in [0.25, 0.3) is 0 Å². The van der Waals surface area contributed by atoms with Crippen LogP contribution in [0.4, 0.5) is 18.9 Å². The van der Waals surface area contributed by atoms with Gasteiger partial charge < -0.3 is 15.2 Å². The zero-order valence-corrected chi connectivity index (χ0v) is 15.8. The Hall–Kier alpha value is -3.67. The van der Waals surface area contributed by atoms with Gasteiger partial charge in [-0.2, -0.15) is 23.5 Å². The molecule has 0 fully saturated rings. The summed E-state index contributed by atoms with van der Waals surface area (Å²) in [5.74, 6) is -1.92. The van der Waals surface area contributed by atoms with E-state index in [1.165, 1.54) is 12.1 Å². The third kappa shape index (κ3) is 3.20. The third-order valence-electron chi connectivity index (χ3n) is 5.17. The zero-order chi connectivity index (χ0) is 21.5. The van der Waals surface area contributed by atoms with Gasteiger partial charge in [0.05, 0.1) is 24.3 Å². The van der Waals surface area contributed by atoms with E-state index in [1.54, 1.807) is 54.6 Å². The van der Waals surface area contributed by atoms with E-state index in [4.69, 9.17) is 15.2 Å². The summed E-state index contributed by atoms with van der Waals surface area (Å²) in [7, 11) is 1.49. The minimum absolute atomic E-state index is 0.0618. The van der Waals surface area contributed by atoms with Gasteiger partial charge in [-0.3, -0.25) is 0 Å². The Morgan fingerprint density at radius 2 is 1.80 bits per heavy atom. The van der Waals surface area contributed by atoms with Gasteiger partial charge in [0.2, 0.25) is 12.1 Å². The van der Waals surface area contributed by atoms with Gasteiger partial charge in [-0.1, -0.05) is 30.3 Å². The minimum atomic E-state index is -4.72. The SMILES string of the molecule is COc1ccc([C@@H]2C(C#N)=C(N)O[C@H]3[C@H]2C(C(F)(F)F)=NN3c2ccccc2)cc1. The first kappa shape index (κ1) is 19.6. The molecule has 0 bridgehead atoms. The molecular weight excluding hydrogens is 397 g/mol. The monoisotopic (exact) mass is 414 g/mol. The molecule has 0 spiro atoms. The molecule has 0 saturated heterocycles. The number of hydrogen-bond acceptors (Lipinski definition) is 6. The second-order valence-corrected chi connectivity index (χ2v) is 6.84. The summed E-state index contributed by atoms with van der Waals surface area (Å²) in [6, 6.07) is 16.8. The summed E-state index contributed by atoms with van der Waals surface area (Å²) >= 11 is 0. The molecule has 2 aromatic rings. The number of hydrogen-bond donors (Lipinski definition) is 1. The predicted octanol–water partition coefficient (Wildman–Crippen LogP) is 3.88. The van der Waals surface area contributed by atoms with Crippen molar-refractivity contribution >= 4 is 11.4 Å². The average molecular weight is 414 g/mol. The number of halogens is 3. The minimum Gasteiger partial charge on any atom is -0.497 e. The Kier molecular flexibility index (Phi) is 4.78. The lowest BCUT2D eigenvalue weighted by Gasteiger charge is -2.37. The lowest BCUT2D eigenvalue weighted by molar-refractivity contribution is -0.0658. The van der Waals surface area contributed by atoms with Gasteiger partial charge >= 0.3 is 6.18 Å².